The zero-order valence-electron chi connectivity index (χ0n) is 16.6. The third-order valence-corrected chi connectivity index (χ3v) is 4.75. The third kappa shape index (κ3) is 4.19. The molecule has 0 fully saturated rings. The highest BCUT2D eigenvalue weighted by molar-refractivity contribution is 5.95. The van der Waals surface area contributed by atoms with Crippen molar-refractivity contribution in [3.63, 3.8) is 0 Å². The number of carbonyl (C=O) groups excluding carboxylic acids is 1. The molecule has 1 unspecified atom stereocenters. The van der Waals surface area contributed by atoms with Gasteiger partial charge in [0, 0.05) is 30.6 Å². The van der Waals surface area contributed by atoms with Crippen LogP contribution in [0.5, 0.6) is 0 Å². The first-order valence-corrected chi connectivity index (χ1v) is 9.44. The molecule has 9 heteroatoms. The van der Waals surface area contributed by atoms with Gasteiger partial charge >= 0.3 is 0 Å². The topological polar surface area (TPSA) is 111 Å². The maximum absolute atomic E-state index is 12.6. The number of hydrogen-bond donors (Lipinski definition) is 2. The number of amides is 1. The summed E-state index contributed by atoms with van der Waals surface area (Å²) in [6.07, 6.45) is 6.48. The van der Waals surface area contributed by atoms with Gasteiger partial charge in [-0.25, -0.2) is 15.0 Å². The van der Waals surface area contributed by atoms with E-state index < -0.39 is 0 Å². The predicted molar refractivity (Wildman–Crippen MR) is 110 cm³/mol. The Labute approximate surface area is 173 Å². The summed E-state index contributed by atoms with van der Waals surface area (Å²) in [5, 5.41) is 10.1. The first-order chi connectivity index (χ1) is 14.6. The van der Waals surface area contributed by atoms with Gasteiger partial charge in [-0.2, -0.15) is 0 Å². The number of benzene rings is 1. The number of nitrogens with one attached hydrogen (secondary N) is 2. The zero-order chi connectivity index (χ0) is 20.9. The minimum absolute atomic E-state index is 0.183. The van der Waals surface area contributed by atoms with Gasteiger partial charge in [-0.1, -0.05) is 11.2 Å². The molecule has 0 aliphatic carbocycles. The van der Waals surface area contributed by atoms with Crippen molar-refractivity contribution >= 4 is 11.6 Å². The first kappa shape index (κ1) is 19.3. The Bertz CT molecular complexity index is 1120. The molecule has 0 radical (unpaired) electrons. The lowest BCUT2D eigenvalue weighted by Crippen LogP contribution is -2.26. The number of anilines is 1. The molecule has 0 aliphatic heterocycles. The molecule has 0 bridgehead atoms. The normalized spacial score (nSPS) is 11.8. The second-order valence-electron chi connectivity index (χ2n) is 6.77. The van der Waals surface area contributed by atoms with Gasteiger partial charge in [0.05, 0.1) is 30.2 Å². The van der Waals surface area contributed by atoms with E-state index in [0.29, 0.717) is 17.8 Å². The number of nitrogens with zero attached hydrogens (tertiary/aromatic N) is 5. The molecule has 1 aromatic carbocycles. The van der Waals surface area contributed by atoms with E-state index in [1.165, 1.54) is 12.6 Å². The zero-order valence-corrected chi connectivity index (χ0v) is 16.6. The first-order valence-electron chi connectivity index (χ1n) is 9.44. The number of carbonyl (C=O) groups is 1. The van der Waals surface area contributed by atoms with Gasteiger partial charge in [-0.15, -0.1) is 0 Å². The quantitative estimate of drug-likeness (QED) is 0.488. The minimum Gasteiger partial charge on any atom is -0.378 e. The van der Waals surface area contributed by atoms with Crippen molar-refractivity contribution in [3.8, 4) is 11.4 Å². The number of aromatic nitrogens is 5. The monoisotopic (exact) mass is 403 g/mol. The van der Waals surface area contributed by atoms with Gasteiger partial charge in [0.15, 0.2) is 0 Å². The largest absolute Gasteiger partial charge is 0.378 e. The van der Waals surface area contributed by atoms with Crippen LogP contribution in [0.25, 0.3) is 11.4 Å². The van der Waals surface area contributed by atoms with E-state index >= 15 is 0 Å². The van der Waals surface area contributed by atoms with Crippen LogP contribution in [0.1, 0.15) is 34.8 Å². The van der Waals surface area contributed by atoms with Gasteiger partial charge in [0.25, 0.3) is 5.91 Å². The van der Waals surface area contributed by atoms with Crippen molar-refractivity contribution < 1.29 is 9.32 Å². The average molecular weight is 403 g/mol. The SMILES string of the molecule is CC(NC(=O)c1cccc(NCc2ncc(-c3ccncn3)n2C)c1)c1ccon1. The van der Waals surface area contributed by atoms with Crippen LogP contribution in [-0.4, -0.2) is 30.6 Å². The van der Waals surface area contributed by atoms with Crippen LogP contribution in [0.15, 0.2) is 65.9 Å². The van der Waals surface area contributed by atoms with E-state index in [0.717, 1.165) is 22.9 Å². The fourth-order valence-corrected chi connectivity index (χ4v) is 3.04. The molecule has 30 heavy (non-hydrogen) atoms. The van der Waals surface area contributed by atoms with E-state index in [1.54, 1.807) is 30.6 Å². The van der Waals surface area contributed by atoms with Gasteiger partial charge < -0.3 is 19.7 Å². The summed E-state index contributed by atoms with van der Waals surface area (Å²) >= 11 is 0. The highest BCUT2D eigenvalue weighted by Gasteiger charge is 2.14. The average Bonchev–Trinajstić information content (AvgIpc) is 3.43. The molecule has 1 amide bonds. The van der Waals surface area contributed by atoms with Crippen molar-refractivity contribution in [3.05, 3.63) is 78.5 Å². The van der Waals surface area contributed by atoms with Crippen LogP contribution in [-0.2, 0) is 13.6 Å². The Hall–Kier alpha value is -4.01. The summed E-state index contributed by atoms with van der Waals surface area (Å²) in [5.41, 5.74) is 3.77. The molecule has 3 heterocycles. The van der Waals surface area contributed by atoms with Crippen LogP contribution >= 0.6 is 0 Å². The minimum atomic E-state index is -0.249. The van der Waals surface area contributed by atoms with Crippen molar-refractivity contribution in [2.45, 2.75) is 19.5 Å². The second-order valence-corrected chi connectivity index (χ2v) is 6.77. The van der Waals surface area contributed by atoms with Crippen molar-refractivity contribution in [2.75, 3.05) is 5.32 Å². The molecule has 1 atom stereocenters. The molecule has 152 valence electrons. The lowest BCUT2D eigenvalue weighted by Gasteiger charge is -2.12. The van der Waals surface area contributed by atoms with Crippen molar-refractivity contribution in [1.82, 2.24) is 30.0 Å². The molecule has 9 nitrogen and oxygen atoms in total. The van der Waals surface area contributed by atoms with Crippen LogP contribution in [0, 0.1) is 0 Å². The Morgan fingerprint density at radius 3 is 2.90 bits per heavy atom. The molecule has 4 aromatic rings. The van der Waals surface area contributed by atoms with E-state index in [-0.39, 0.29) is 11.9 Å². The molecular weight excluding hydrogens is 382 g/mol. The number of imidazole rings is 1. The fourth-order valence-electron chi connectivity index (χ4n) is 3.04. The standard InChI is InChI=1S/C21H21N7O2/c1-14(17-7-9-30-27-17)26-21(29)15-4-3-5-16(10-15)23-12-20-24-11-19(28(20)2)18-6-8-22-13-25-18/h3-11,13-14,23H,12H2,1-2H3,(H,26,29). The van der Waals surface area contributed by atoms with Gasteiger partial charge in [-0.05, 0) is 31.2 Å². The number of hydrogen-bond acceptors (Lipinski definition) is 7. The molecule has 0 aliphatic rings. The van der Waals surface area contributed by atoms with Crippen LogP contribution in [0.2, 0.25) is 0 Å². The van der Waals surface area contributed by atoms with Crippen molar-refractivity contribution in [2.24, 2.45) is 7.05 Å². The summed E-state index contributed by atoms with van der Waals surface area (Å²) in [6, 6.07) is 10.6. The second kappa shape index (κ2) is 8.56. The van der Waals surface area contributed by atoms with E-state index in [4.69, 9.17) is 4.52 Å². The Kier molecular flexibility index (Phi) is 5.51. The molecule has 3 aromatic heterocycles. The fraction of sp³-hybridized carbons (Fsp3) is 0.190. The summed E-state index contributed by atoms with van der Waals surface area (Å²) in [5.74, 6) is 0.662. The lowest BCUT2D eigenvalue weighted by atomic mass is 10.1. The maximum Gasteiger partial charge on any atom is 0.251 e. The molecule has 0 saturated heterocycles. The number of rotatable bonds is 7. The van der Waals surface area contributed by atoms with E-state index in [2.05, 4.69) is 30.7 Å². The molecule has 4 rings (SSSR count). The third-order valence-electron chi connectivity index (χ3n) is 4.75. The highest BCUT2D eigenvalue weighted by Crippen LogP contribution is 2.18. The van der Waals surface area contributed by atoms with Gasteiger partial charge in [-0.3, -0.25) is 4.79 Å². The highest BCUT2D eigenvalue weighted by atomic mass is 16.5. The molecule has 2 N–H and O–H groups in total. The summed E-state index contributed by atoms with van der Waals surface area (Å²) in [4.78, 5) is 25.3. The van der Waals surface area contributed by atoms with Crippen LogP contribution in [0.4, 0.5) is 5.69 Å². The van der Waals surface area contributed by atoms with Gasteiger partial charge in [0.1, 0.15) is 24.1 Å². The lowest BCUT2D eigenvalue weighted by molar-refractivity contribution is 0.0938. The summed E-state index contributed by atoms with van der Waals surface area (Å²) in [7, 11) is 1.94. The molecular formula is C21H21N7O2. The van der Waals surface area contributed by atoms with Crippen LogP contribution < -0.4 is 10.6 Å². The molecule has 0 spiro atoms. The Morgan fingerprint density at radius 2 is 2.13 bits per heavy atom. The smallest absolute Gasteiger partial charge is 0.251 e. The Morgan fingerprint density at radius 1 is 1.23 bits per heavy atom. The predicted octanol–water partition coefficient (Wildman–Crippen LogP) is 2.97. The van der Waals surface area contributed by atoms with E-state index in [9.17, 15) is 4.79 Å². The van der Waals surface area contributed by atoms with Crippen LogP contribution in [0.3, 0.4) is 0 Å². The van der Waals surface area contributed by atoms with Gasteiger partial charge in [0.2, 0.25) is 0 Å². The summed E-state index contributed by atoms with van der Waals surface area (Å²) < 4.78 is 6.81. The molecule has 0 saturated carbocycles. The maximum atomic E-state index is 12.6. The van der Waals surface area contributed by atoms with E-state index in [1.807, 2.05) is 36.7 Å². The van der Waals surface area contributed by atoms with Crippen molar-refractivity contribution in [1.29, 1.82) is 0 Å². The Balaban J connectivity index is 1.41. The summed E-state index contributed by atoms with van der Waals surface area (Å²) in [6.45, 7) is 2.36.